The number of rotatable bonds is 6. The van der Waals surface area contributed by atoms with Crippen LogP contribution < -0.4 is 14.8 Å². The number of nitrogens with one attached hydrogen (secondary N) is 1. The van der Waals surface area contributed by atoms with Gasteiger partial charge in [-0.2, -0.15) is 0 Å². The highest BCUT2D eigenvalue weighted by Crippen LogP contribution is 2.19. The molecule has 1 saturated heterocycles. The molecule has 23 heavy (non-hydrogen) atoms. The van der Waals surface area contributed by atoms with Gasteiger partial charge >= 0.3 is 0 Å². The van der Waals surface area contributed by atoms with Gasteiger partial charge in [0.1, 0.15) is 23.1 Å². The largest absolute Gasteiger partial charge is 0.497 e. The number of aromatic nitrogens is 1. The van der Waals surface area contributed by atoms with Crippen molar-refractivity contribution in [2.45, 2.75) is 13.2 Å². The number of piperazine rings is 1. The molecular weight excluding hydrogens is 334 g/mol. The average molecular weight is 356 g/mol. The van der Waals surface area contributed by atoms with E-state index in [1.165, 1.54) is 0 Å². The van der Waals surface area contributed by atoms with E-state index in [9.17, 15) is 0 Å². The quantitative estimate of drug-likeness (QED) is 0.862. The Labute approximate surface area is 147 Å². The highest BCUT2D eigenvalue weighted by molar-refractivity contribution is 7.09. The number of halogens is 1. The maximum absolute atomic E-state index is 5.76. The highest BCUT2D eigenvalue weighted by Gasteiger charge is 2.12. The Balaban J connectivity index is 0.00000192. The predicted molar refractivity (Wildman–Crippen MR) is 94.8 cm³/mol. The molecule has 0 radical (unpaired) electrons. The molecular formula is C16H22ClN3O2S. The summed E-state index contributed by atoms with van der Waals surface area (Å²) in [5.41, 5.74) is 1.14. The lowest BCUT2D eigenvalue weighted by atomic mass is 10.3. The number of methoxy groups -OCH3 is 1. The Morgan fingerprint density at radius 3 is 2.57 bits per heavy atom. The normalized spacial score (nSPS) is 15.0. The molecule has 1 aliphatic rings. The van der Waals surface area contributed by atoms with Crippen LogP contribution in [-0.4, -0.2) is 43.2 Å². The fraction of sp³-hybridized carbons (Fsp3) is 0.438. The third-order valence-electron chi connectivity index (χ3n) is 3.62. The molecule has 1 aromatic heterocycles. The first-order valence-electron chi connectivity index (χ1n) is 7.47. The van der Waals surface area contributed by atoms with Crippen LogP contribution in [0.4, 0.5) is 0 Å². The molecule has 0 atom stereocenters. The minimum atomic E-state index is 0. The van der Waals surface area contributed by atoms with Crippen molar-refractivity contribution in [1.82, 2.24) is 15.2 Å². The maximum atomic E-state index is 5.76. The first-order chi connectivity index (χ1) is 10.8. The summed E-state index contributed by atoms with van der Waals surface area (Å²) in [6.07, 6.45) is 0. The number of thiazole rings is 1. The summed E-state index contributed by atoms with van der Waals surface area (Å²) >= 11 is 1.66. The summed E-state index contributed by atoms with van der Waals surface area (Å²) in [4.78, 5) is 7.09. The van der Waals surface area contributed by atoms with Crippen molar-refractivity contribution in [3.05, 3.63) is 40.3 Å². The summed E-state index contributed by atoms with van der Waals surface area (Å²) in [5, 5.41) is 6.51. The summed E-state index contributed by atoms with van der Waals surface area (Å²) in [7, 11) is 1.66. The standard InChI is InChI=1S/C16H21N3O2S.ClH/c1-20-14-2-4-15(5-3-14)21-11-16-18-13(12-22-16)10-19-8-6-17-7-9-19;/h2-5,12,17H,6-11H2,1H3;1H. The van der Waals surface area contributed by atoms with Crippen LogP contribution in [0.3, 0.4) is 0 Å². The summed E-state index contributed by atoms with van der Waals surface area (Å²) in [6, 6.07) is 7.61. The van der Waals surface area contributed by atoms with Crippen molar-refractivity contribution < 1.29 is 9.47 Å². The van der Waals surface area contributed by atoms with Crippen LogP contribution in [0.15, 0.2) is 29.6 Å². The van der Waals surface area contributed by atoms with Gasteiger partial charge in [0.05, 0.1) is 12.8 Å². The van der Waals surface area contributed by atoms with E-state index in [0.717, 1.165) is 54.9 Å². The highest BCUT2D eigenvalue weighted by atomic mass is 35.5. The molecule has 0 spiro atoms. The second-order valence-corrected chi connectivity index (χ2v) is 6.17. The topological polar surface area (TPSA) is 46.6 Å². The zero-order valence-corrected chi connectivity index (χ0v) is 14.8. The summed E-state index contributed by atoms with van der Waals surface area (Å²) < 4.78 is 10.9. The van der Waals surface area contributed by atoms with E-state index >= 15 is 0 Å². The number of hydrogen-bond acceptors (Lipinski definition) is 6. The molecule has 0 unspecified atom stereocenters. The van der Waals surface area contributed by atoms with E-state index in [1.54, 1.807) is 18.4 Å². The zero-order chi connectivity index (χ0) is 15.2. The molecule has 0 aliphatic carbocycles. The number of nitrogens with zero attached hydrogens (tertiary/aromatic N) is 2. The molecule has 7 heteroatoms. The smallest absolute Gasteiger partial charge is 0.140 e. The molecule has 2 heterocycles. The third-order valence-corrected chi connectivity index (χ3v) is 4.49. The summed E-state index contributed by atoms with van der Waals surface area (Å²) in [5.74, 6) is 1.67. The van der Waals surface area contributed by atoms with E-state index in [1.807, 2.05) is 24.3 Å². The van der Waals surface area contributed by atoms with Gasteiger partial charge in [-0.3, -0.25) is 4.90 Å². The second kappa shape index (κ2) is 9.08. The zero-order valence-electron chi connectivity index (χ0n) is 13.2. The maximum Gasteiger partial charge on any atom is 0.140 e. The SMILES string of the molecule is COc1ccc(OCc2nc(CN3CCNCC3)cs2)cc1.Cl. The molecule has 1 aromatic carbocycles. The van der Waals surface area contributed by atoms with E-state index in [2.05, 4.69) is 20.6 Å². The van der Waals surface area contributed by atoms with Gasteiger partial charge in [-0.25, -0.2) is 4.98 Å². The Morgan fingerprint density at radius 2 is 1.87 bits per heavy atom. The van der Waals surface area contributed by atoms with Crippen LogP contribution in [0.5, 0.6) is 11.5 Å². The second-order valence-electron chi connectivity index (χ2n) is 5.22. The molecule has 0 amide bonds. The van der Waals surface area contributed by atoms with E-state index in [0.29, 0.717) is 6.61 Å². The predicted octanol–water partition coefficient (Wildman–Crippen LogP) is 2.56. The van der Waals surface area contributed by atoms with Gasteiger partial charge in [-0.05, 0) is 24.3 Å². The van der Waals surface area contributed by atoms with Crippen LogP contribution in [0.1, 0.15) is 10.7 Å². The molecule has 5 nitrogen and oxygen atoms in total. The van der Waals surface area contributed by atoms with Gasteiger partial charge in [0.15, 0.2) is 0 Å². The fourth-order valence-electron chi connectivity index (χ4n) is 2.40. The number of hydrogen-bond donors (Lipinski definition) is 1. The van der Waals surface area contributed by atoms with Crippen molar-refractivity contribution in [3.8, 4) is 11.5 Å². The molecule has 1 aliphatic heterocycles. The molecule has 126 valence electrons. The molecule has 1 N–H and O–H groups in total. The van der Waals surface area contributed by atoms with Crippen molar-refractivity contribution in [2.75, 3.05) is 33.3 Å². The van der Waals surface area contributed by atoms with Crippen LogP contribution in [0.2, 0.25) is 0 Å². The van der Waals surface area contributed by atoms with Crippen LogP contribution in [0.25, 0.3) is 0 Å². The van der Waals surface area contributed by atoms with Crippen molar-refractivity contribution in [1.29, 1.82) is 0 Å². The molecule has 0 saturated carbocycles. The fourth-order valence-corrected chi connectivity index (χ4v) is 3.10. The Morgan fingerprint density at radius 1 is 1.17 bits per heavy atom. The van der Waals surface area contributed by atoms with Crippen LogP contribution >= 0.6 is 23.7 Å². The van der Waals surface area contributed by atoms with Crippen LogP contribution in [-0.2, 0) is 13.2 Å². The van der Waals surface area contributed by atoms with E-state index < -0.39 is 0 Å². The van der Waals surface area contributed by atoms with Gasteiger partial charge in [0.25, 0.3) is 0 Å². The van der Waals surface area contributed by atoms with Crippen LogP contribution in [0, 0.1) is 0 Å². The van der Waals surface area contributed by atoms with Crippen molar-refractivity contribution in [3.63, 3.8) is 0 Å². The van der Waals surface area contributed by atoms with Gasteiger partial charge in [-0.15, -0.1) is 23.7 Å². The molecule has 1 fully saturated rings. The Hall–Kier alpha value is -1.34. The van der Waals surface area contributed by atoms with Gasteiger partial charge in [0, 0.05) is 38.1 Å². The van der Waals surface area contributed by atoms with Gasteiger partial charge in [0.2, 0.25) is 0 Å². The molecule has 0 bridgehead atoms. The van der Waals surface area contributed by atoms with E-state index in [4.69, 9.17) is 9.47 Å². The van der Waals surface area contributed by atoms with E-state index in [-0.39, 0.29) is 12.4 Å². The minimum absolute atomic E-state index is 0. The lowest BCUT2D eigenvalue weighted by molar-refractivity contribution is 0.230. The number of ether oxygens (including phenoxy) is 2. The van der Waals surface area contributed by atoms with Gasteiger partial charge in [-0.1, -0.05) is 0 Å². The molecule has 3 rings (SSSR count). The Kier molecular flexibility index (Phi) is 7.11. The van der Waals surface area contributed by atoms with Crippen molar-refractivity contribution >= 4 is 23.7 Å². The first kappa shape index (κ1) is 18.0. The van der Waals surface area contributed by atoms with Crippen molar-refractivity contribution in [2.24, 2.45) is 0 Å². The number of benzene rings is 1. The lowest BCUT2D eigenvalue weighted by Gasteiger charge is -2.26. The monoisotopic (exact) mass is 355 g/mol. The molecule has 2 aromatic rings. The lowest BCUT2D eigenvalue weighted by Crippen LogP contribution is -2.42. The first-order valence-corrected chi connectivity index (χ1v) is 8.34. The Bertz CT molecular complexity index is 585. The third kappa shape index (κ3) is 5.35. The van der Waals surface area contributed by atoms with Gasteiger partial charge < -0.3 is 14.8 Å². The summed E-state index contributed by atoms with van der Waals surface area (Å²) in [6.45, 7) is 5.76. The average Bonchev–Trinajstić information content (AvgIpc) is 3.02. The minimum Gasteiger partial charge on any atom is -0.497 e.